The molecule has 10 heteroatoms. The molecule has 1 amide bonds. The highest BCUT2D eigenvalue weighted by Crippen LogP contribution is 2.35. The summed E-state index contributed by atoms with van der Waals surface area (Å²) in [5, 5.41) is 14.2. The first-order valence-corrected chi connectivity index (χ1v) is 9.56. The van der Waals surface area contributed by atoms with Crippen molar-refractivity contribution < 1.29 is 18.7 Å². The number of halogens is 1. The largest absolute Gasteiger partial charge is 0.432 e. The van der Waals surface area contributed by atoms with E-state index in [0.717, 1.165) is 5.69 Å². The lowest BCUT2D eigenvalue weighted by Gasteiger charge is -2.33. The fourth-order valence-electron chi connectivity index (χ4n) is 3.85. The number of imidazole rings is 1. The van der Waals surface area contributed by atoms with Crippen LogP contribution >= 0.6 is 0 Å². The molecule has 0 spiro atoms. The predicted molar refractivity (Wildman–Crippen MR) is 102 cm³/mol. The van der Waals surface area contributed by atoms with Gasteiger partial charge in [-0.1, -0.05) is 0 Å². The molecule has 2 N–H and O–H groups in total. The molecular weight excluding hydrogens is 391 g/mol. The number of aliphatic hydroxyl groups is 1. The Kier molecular flexibility index (Phi) is 4.17. The number of rotatable bonds is 3. The topological polar surface area (TPSA) is 113 Å². The summed E-state index contributed by atoms with van der Waals surface area (Å²) in [5.74, 6) is -0.646. The number of aliphatic hydroxyl groups excluding tert-OH is 1. The lowest BCUT2D eigenvalue weighted by atomic mass is 9.99. The maximum atomic E-state index is 14.2. The molecule has 5 rings (SSSR count). The molecule has 0 unspecified atom stereocenters. The molecule has 5 heterocycles. The SMILES string of the molecule is Cc1nc([C@@H](C)O)oc1C(=O)N1CCc2[nH]cnc2[C@H]1c1cc2c(F)cccn2n1. The van der Waals surface area contributed by atoms with Crippen LogP contribution in [-0.4, -0.2) is 47.0 Å². The smallest absolute Gasteiger partial charge is 0.292 e. The van der Waals surface area contributed by atoms with Gasteiger partial charge in [-0.15, -0.1) is 0 Å². The van der Waals surface area contributed by atoms with Gasteiger partial charge in [-0.25, -0.2) is 18.9 Å². The van der Waals surface area contributed by atoms with Gasteiger partial charge in [0.2, 0.25) is 11.7 Å². The number of H-pyrrole nitrogens is 1. The third-order valence-corrected chi connectivity index (χ3v) is 5.30. The number of fused-ring (bicyclic) bond motifs is 2. The number of carbonyl (C=O) groups is 1. The van der Waals surface area contributed by atoms with Gasteiger partial charge in [0.25, 0.3) is 5.91 Å². The number of hydrogen-bond acceptors (Lipinski definition) is 6. The highest BCUT2D eigenvalue weighted by atomic mass is 19.1. The van der Waals surface area contributed by atoms with Gasteiger partial charge in [0, 0.05) is 24.9 Å². The van der Waals surface area contributed by atoms with Crippen molar-refractivity contribution in [1.82, 2.24) is 29.5 Å². The highest BCUT2D eigenvalue weighted by molar-refractivity contribution is 5.93. The van der Waals surface area contributed by atoms with E-state index in [-0.39, 0.29) is 17.6 Å². The molecule has 4 aromatic rings. The van der Waals surface area contributed by atoms with E-state index in [0.29, 0.717) is 35.6 Å². The fraction of sp³-hybridized carbons (Fsp3) is 0.300. The summed E-state index contributed by atoms with van der Waals surface area (Å²) in [7, 11) is 0. The van der Waals surface area contributed by atoms with Gasteiger partial charge in [-0.05, 0) is 32.0 Å². The molecule has 2 atom stereocenters. The number of pyridine rings is 1. The molecule has 0 saturated carbocycles. The molecule has 0 aliphatic carbocycles. The van der Waals surface area contributed by atoms with Gasteiger partial charge in [0.05, 0.1) is 23.4 Å². The standard InChI is InChI=1S/C20H19FN6O3/c1-10-18(30-19(24-10)11(2)28)20(29)26-7-5-13-16(23-9-22-13)17(26)14-8-15-12(21)4-3-6-27(15)25-14/h3-4,6,8-9,11,17,28H,5,7H2,1-2H3,(H,22,23)/t11-,17-/m1/s1. The quantitative estimate of drug-likeness (QED) is 0.536. The molecule has 154 valence electrons. The Morgan fingerprint density at radius 3 is 3.03 bits per heavy atom. The van der Waals surface area contributed by atoms with E-state index in [4.69, 9.17) is 4.42 Å². The van der Waals surface area contributed by atoms with Crippen molar-refractivity contribution >= 4 is 11.4 Å². The average molecular weight is 410 g/mol. The van der Waals surface area contributed by atoms with Crippen LogP contribution in [-0.2, 0) is 6.42 Å². The van der Waals surface area contributed by atoms with E-state index in [1.807, 2.05) is 0 Å². The van der Waals surface area contributed by atoms with Gasteiger partial charge in [-0.2, -0.15) is 5.10 Å². The second-order valence-corrected chi connectivity index (χ2v) is 7.32. The van der Waals surface area contributed by atoms with E-state index in [1.54, 1.807) is 36.5 Å². The van der Waals surface area contributed by atoms with Crippen molar-refractivity contribution in [2.75, 3.05) is 6.54 Å². The third-order valence-electron chi connectivity index (χ3n) is 5.30. The maximum absolute atomic E-state index is 14.2. The van der Waals surface area contributed by atoms with Crippen molar-refractivity contribution in [3.05, 3.63) is 71.0 Å². The monoisotopic (exact) mass is 410 g/mol. The second kappa shape index (κ2) is 6.77. The van der Waals surface area contributed by atoms with Crippen molar-refractivity contribution in [3.63, 3.8) is 0 Å². The van der Waals surface area contributed by atoms with Crippen LogP contribution in [0.1, 0.15) is 58.3 Å². The van der Waals surface area contributed by atoms with Gasteiger partial charge in [0.1, 0.15) is 23.5 Å². The average Bonchev–Trinajstić information content (AvgIpc) is 3.44. The van der Waals surface area contributed by atoms with Crippen LogP contribution in [0.3, 0.4) is 0 Å². The van der Waals surface area contributed by atoms with Crippen LogP contribution in [0.4, 0.5) is 4.39 Å². The first-order chi connectivity index (χ1) is 14.4. The van der Waals surface area contributed by atoms with Crippen LogP contribution in [0.25, 0.3) is 5.52 Å². The number of nitrogens with one attached hydrogen (secondary N) is 1. The molecule has 30 heavy (non-hydrogen) atoms. The molecule has 4 aromatic heterocycles. The number of aromatic nitrogens is 5. The van der Waals surface area contributed by atoms with Gasteiger partial charge < -0.3 is 19.4 Å². The Balaban J connectivity index is 1.62. The zero-order chi connectivity index (χ0) is 21.0. The first-order valence-electron chi connectivity index (χ1n) is 9.56. The summed E-state index contributed by atoms with van der Waals surface area (Å²) in [6.45, 7) is 3.56. The zero-order valence-electron chi connectivity index (χ0n) is 16.3. The number of carbonyl (C=O) groups excluding carboxylic acids is 1. The molecule has 0 fully saturated rings. The Labute approximate surface area is 170 Å². The number of nitrogens with zero attached hydrogens (tertiary/aromatic N) is 5. The molecule has 9 nitrogen and oxygen atoms in total. The maximum Gasteiger partial charge on any atom is 0.292 e. The van der Waals surface area contributed by atoms with E-state index in [1.165, 1.54) is 17.5 Å². The number of oxazole rings is 1. The van der Waals surface area contributed by atoms with Crippen LogP contribution in [0.5, 0.6) is 0 Å². The third kappa shape index (κ3) is 2.79. The lowest BCUT2D eigenvalue weighted by molar-refractivity contribution is 0.0644. The van der Waals surface area contributed by atoms with E-state index in [2.05, 4.69) is 20.1 Å². The second-order valence-electron chi connectivity index (χ2n) is 7.32. The van der Waals surface area contributed by atoms with E-state index >= 15 is 0 Å². The summed E-state index contributed by atoms with van der Waals surface area (Å²) in [6.07, 6.45) is 2.88. The Morgan fingerprint density at radius 1 is 1.47 bits per heavy atom. The number of aryl methyl sites for hydroxylation is 1. The normalized spacial score (nSPS) is 17.3. The number of hydrogen-bond donors (Lipinski definition) is 2. The molecule has 0 aromatic carbocycles. The number of aromatic amines is 1. The molecule has 1 aliphatic heterocycles. The van der Waals surface area contributed by atoms with Gasteiger partial charge in [-0.3, -0.25) is 4.79 Å². The predicted octanol–water partition coefficient (Wildman–Crippen LogP) is 2.33. The number of amides is 1. The summed E-state index contributed by atoms with van der Waals surface area (Å²) < 4.78 is 21.2. The van der Waals surface area contributed by atoms with Crippen molar-refractivity contribution in [2.24, 2.45) is 0 Å². The first kappa shape index (κ1) is 18.5. The van der Waals surface area contributed by atoms with Gasteiger partial charge >= 0.3 is 0 Å². The van der Waals surface area contributed by atoms with Crippen molar-refractivity contribution in [2.45, 2.75) is 32.4 Å². The minimum absolute atomic E-state index is 0.0600. The van der Waals surface area contributed by atoms with Crippen LogP contribution in [0, 0.1) is 12.7 Å². The summed E-state index contributed by atoms with van der Waals surface area (Å²) >= 11 is 0. The lowest BCUT2D eigenvalue weighted by Crippen LogP contribution is -2.41. The Morgan fingerprint density at radius 2 is 2.30 bits per heavy atom. The van der Waals surface area contributed by atoms with Crippen molar-refractivity contribution in [1.29, 1.82) is 0 Å². The summed E-state index contributed by atoms with van der Waals surface area (Å²) in [5.41, 5.74) is 2.76. The molecule has 0 radical (unpaired) electrons. The minimum atomic E-state index is -0.929. The minimum Gasteiger partial charge on any atom is -0.432 e. The Bertz CT molecular complexity index is 1260. The molecule has 0 saturated heterocycles. The summed E-state index contributed by atoms with van der Waals surface area (Å²) in [4.78, 5) is 26.7. The molecular formula is C20H19FN6O3. The van der Waals surface area contributed by atoms with E-state index in [9.17, 15) is 14.3 Å². The zero-order valence-corrected chi connectivity index (χ0v) is 16.3. The van der Waals surface area contributed by atoms with Crippen LogP contribution < -0.4 is 0 Å². The van der Waals surface area contributed by atoms with Crippen LogP contribution in [0.15, 0.2) is 35.1 Å². The van der Waals surface area contributed by atoms with E-state index < -0.39 is 18.0 Å². The summed E-state index contributed by atoms with van der Waals surface area (Å²) in [6, 6.07) is 3.93. The molecule has 1 aliphatic rings. The fourth-order valence-corrected chi connectivity index (χ4v) is 3.85. The highest BCUT2D eigenvalue weighted by Gasteiger charge is 2.38. The van der Waals surface area contributed by atoms with Crippen LogP contribution in [0.2, 0.25) is 0 Å². The van der Waals surface area contributed by atoms with Crippen molar-refractivity contribution in [3.8, 4) is 0 Å². The molecule has 0 bridgehead atoms. The van der Waals surface area contributed by atoms with Gasteiger partial charge in [0.15, 0.2) is 0 Å². The Hall–Kier alpha value is -3.53.